The molecule has 0 saturated carbocycles. The Balaban J connectivity index is 1.37. The summed E-state index contributed by atoms with van der Waals surface area (Å²) >= 11 is 0. The van der Waals surface area contributed by atoms with Gasteiger partial charge >= 0.3 is 0 Å². The van der Waals surface area contributed by atoms with Crippen LogP contribution in [-0.2, 0) is 9.59 Å². The quantitative estimate of drug-likeness (QED) is 0.569. The van der Waals surface area contributed by atoms with Crippen molar-refractivity contribution in [1.29, 1.82) is 0 Å². The number of hydrogen-bond donors (Lipinski definition) is 3. The van der Waals surface area contributed by atoms with E-state index in [0.717, 1.165) is 49.8 Å². The van der Waals surface area contributed by atoms with Gasteiger partial charge in [0.1, 0.15) is 0 Å². The molecule has 1 fully saturated rings. The van der Waals surface area contributed by atoms with Crippen molar-refractivity contribution in [2.45, 2.75) is 57.2 Å². The molecule has 146 valence electrons. The van der Waals surface area contributed by atoms with E-state index in [2.05, 4.69) is 16.7 Å². The Labute approximate surface area is 160 Å². The van der Waals surface area contributed by atoms with Gasteiger partial charge in [-0.3, -0.25) is 9.59 Å². The molecular formula is C21H29N3O3. The van der Waals surface area contributed by atoms with E-state index < -0.39 is 6.23 Å². The van der Waals surface area contributed by atoms with E-state index in [1.54, 1.807) is 4.90 Å². The molecule has 3 N–H and O–H groups in total. The zero-order valence-electron chi connectivity index (χ0n) is 15.9. The fraction of sp³-hybridized carbons (Fsp3) is 0.524. The molecule has 1 saturated heterocycles. The Morgan fingerprint density at radius 1 is 1.26 bits per heavy atom. The van der Waals surface area contributed by atoms with Gasteiger partial charge in [0, 0.05) is 29.8 Å². The second-order valence-corrected chi connectivity index (χ2v) is 7.21. The molecule has 6 nitrogen and oxygen atoms in total. The van der Waals surface area contributed by atoms with Gasteiger partial charge in [-0.1, -0.05) is 30.7 Å². The minimum Gasteiger partial charge on any atom is -0.369 e. The normalized spacial score (nSPS) is 24.3. The van der Waals surface area contributed by atoms with Crippen LogP contribution in [0.2, 0.25) is 0 Å². The number of unbranched alkanes of at least 4 members (excludes halogenated alkanes) is 2. The van der Waals surface area contributed by atoms with Crippen molar-refractivity contribution < 1.29 is 14.7 Å². The van der Waals surface area contributed by atoms with E-state index >= 15 is 0 Å². The first-order chi connectivity index (χ1) is 13.1. The number of allylic oxidation sites excluding steroid dienone is 4. The number of nitrogens with one attached hydrogen (secondary N) is 2. The number of nitrogens with zero attached hydrogens (tertiary/aromatic N) is 1. The minimum absolute atomic E-state index is 0.0235. The van der Waals surface area contributed by atoms with E-state index in [1.165, 1.54) is 0 Å². The fourth-order valence-electron chi connectivity index (χ4n) is 3.81. The zero-order chi connectivity index (χ0) is 19.2. The summed E-state index contributed by atoms with van der Waals surface area (Å²) in [5, 5.41) is 16.5. The number of likely N-dealkylation sites (N-methyl/N-ethyl adjacent to an activating group) is 1. The molecule has 2 aliphatic carbocycles. The van der Waals surface area contributed by atoms with Gasteiger partial charge in [0.05, 0.1) is 6.04 Å². The summed E-state index contributed by atoms with van der Waals surface area (Å²) in [5.74, 6) is -0.0444. The number of rotatable bonds is 8. The van der Waals surface area contributed by atoms with Gasteiger partial charge in [-0.15, -0.1) is 0 Å². The molecule has 0 aromatic carbocycles. The molecule has 2 atom stereocenters. The van der Waals surface area contributed by atoms with Gasteiger partial charge in [-0.25, -0.2) is 0 Å². The van der Waals surface area contributed by atoms with Crippen LogP contribution in [0.15, 0.2) is 47.2 Å². The number of aliphatic hydroxyl groups is 1. The molecule has 0 radical (unpaired) electrons. The van der Waals surface area contributed by atoms with Crippen molar-refractivity contribution in [3.63, 3.8) is 0 Å². The standard InChI is InChI=1S/C21H29N3O3/c1-22-17-11-6-7-12-18(17)23-19(25)13-3-2-8-14-24-20(26)15-9-4-5-10-16(15)21(24)27/h6-7,9-10,12,17,20,22,26H,2-5,8,11,13-14H2,1H3,(H,23,25). The molecule has 2 amide bonds. The molecular weight excluding hydrogens is 342 g/mol. The highest BCUT2D eigenvalue weighted by atomic mass is 16.3. The topological polar surface area (TPSA) is 81.7 Å². The first kappa shape index (κ1) is 19.6. The lowest BCUT2D eigenvalue weighted by atomic mass is 10.00. The molecule has 27 heavy (non-hydrogen) atoms. The van der Waals surface area contributed by atoms with Crippen molar-refractivity contribution in [3.8, 4) is 0 Å². The summed E-state index contributed by atoms with van der Waals surface area (Å²) in [7, 11) is 1.89. The molecule has 1 heterocycles. The number of carbonyl (C=O) groups excluding carboxylic acids is 2. The highest BCUT2D eigenvalue weighted by Gasteiger charge is 2.38. The van der Waals surface area contributed by atoms with E-state index in [4.69, 9.17) is 0 Å². The lowest BCUT2D eigenvalue weighted by Crippen LogP contribution is -2.37. The molecule has 2 unspecified atom stereocenters. The lowest BCUT2D eigenvalue weighted by molar-refractivity contribution is -0.130. The van der Waals surface area contributed by atoms with Crippen molar-refractivity contribution in [3.05, 3.63) is 47.2 Å². The third-order valence-corrected chi connectivity index (χ3v) is 5.35. The Bertz CT molecular complexity index is 705. The smallest absolute Gasteiger partial charge is 0.256 e. The molecule has 0 aromatic heterocycles. The summed E-state index contributed by atoms with van der Waals surface area (Å²) in [6.07, 6.45) is 14.5. The molecule has 6 heteroatoms. The van der Waals surface area contributed by atoms with E-state index in [-0.39, 0.29) is 17.9 Å². The highest BCUT2D eigenvalue weighted by molar-refractivity contribution is 6.02. The highest BCUT2D eigenvalue weighted by Crippen LogP contribution is 2.32. The molecule has 0 aromatic rings. The van der Waals surface area contributed by atoms with E-state index in [1.807, 2.05) is 31.4 Å². The maximum absolute atomic E-state index is 12.4. The van der Waals surface area contributed by atoms with Crippen LogP contribution < -0.4 is 10.6 Å². The van der Waals surface area contributed by atoms with Crippen LogP contribution in [0.25, 0.3) is 0 Å². The maximum atomic E-state index is 12.4. The summed E-state index contributed by atoms with van der Waals surface area (Å²) in [6, 6.07) is 0.161. The Kier molecular flexibility index (Phi) is 6.63. The molecule has 3 aliphatic rings. The van der Waals surface area contributed by atoms with Crippen LogP contribution in [0.3, 0.4) is 0 Å². The summed E-state index contributed by atoms with van der Waals surface area (Å²) in [5.41, 5.74) is 2.35. The number of fused-ring (bicyclic) bond motifs is 1. The maximum Gasteiger partial charge on any atom is 0.256 e. The fourth-order valence-corrected chi connectivity index (χ4v) is 3.81. The SMILES string of the molecule is CNC1CC=CC=C1NC(=O)CCCCCN1C(=O)C2=CCCC=C2C1O. The van der Waals surface area contributed by atoms with Crippen LogP contribution in [-0.4, -0.2) is 47.7 Å². The zero-order valence-corrected chi connectivity index (χ0v) is 15.9. The molecule has 0 spiro atoms. The third kappa shape index (κ3) is 4.57. The second kappa shape index (κ2) is 9.15. The summed E-state index contributed by atoms with van der Waals surface area (Å²) in [6.45, 7) is 0.522. The Morgan fingerprint density at radius 3 is 2.85 bits per heavy atom. The molecule has 3 rings (SSSR count). The Hall–Kier alpha value is -2.18. The van der Waals surface area contributed by atoms with Gasteiger partial charge in [0.25, 0.3) is 5.91 Å². The van der Waals surface area contributed by atoms with Gasteiger partial charge in [-0.05, 0) is 45.2 Å². The number of hydrogen-bond acceptors (Lipinski definition) is 4. The third-order valence-electron chi connectivity index (χ3n) is 5.35. The first-order valence-corrected chi connectivity index (χ1v) is 9.85. The van der Waals surface area contributed by atoms with Gasteiger partial charge < -0.3 is 20.6 Å². The van der Waals surface area contributed by atoms with Gasteiger partial charge in [0.15, 0.2) is 6.23 Å². The van der Waals surface area contributed by atoms with Crippen LogP contribution in [0, 0.1) is 0 Å². The summed E-state index contributed by atoms with van der Waals surface area (Å²) < 4.78 is 0. The summed E-state index contributed by atoms with van der Waals surface area (Å²) in [4.78, 5) is 26.1. The second-order valence-electron chi connectivity index (χ2n) is 7.21. The van der Waals surface area contributed by atoms with Crippen molar-refractivity contribution in [1.82, 2.24) is 15.5 Å². The van der Waals surface area contributed by atoms with Crippen molar-refractivity contribution in [2.24, 2.45) is 0 Å². The lowest BCUT2D eigenvalue weighted by Gasteiger charge is -2.21. The monoisotopic (exact) mass is 371 g/mol. The van der Waals surface area contributed by atoms with Crippen LogP contribution >= 0.6 is 0 Å². The largest absolute Gasteiger partial charge is 0.369 e. The predicted molar refractivity (Wildman–Crippen MR) is 104 cm³/mol. The number of amides is 2. The van der Waals surface area contributed by atoms with E-state index in [9.17, 15) is 14.7 Å². The Morgan fingerprint density at radius 2 is 2.07 bits per heavy atom. The number of likely N-dealkylation sites (tertiary alicyclic amines) is 1. The van der Waals surface area contributed by atoms with Crippen molar-refractivity contribution >= 4 is 11.8 Å². The van der Waals surface area contributed by atoms with Gasteiger partial charge in [-0.2, -0.15) is 0 Å². The first-order valence-electron chi connectivity index (χ1n) is 9.85. The minimum atomic E-state index is -0.808. The molecule has 0 bridgehead atoms. The van der Waals surface area contributed by atoms with Crippen LogP contribution in [0.1, 0.15) is 44.9 Å². The van der Waals surface area contributed by atoms with Crippen LogP contribution in [0.5, 0.6) is 0 Å². The molecule has 1 aliphatic heterocycles. The number of aliphatic hydroxyl groups excluding tert-OH is 1. The van der Waals surface area contributed by atoms with Crippen LogP contribution in [0.4, 0.5) is 0 Å². The number of carbonyl (C=O) groups is 2. The average Bonchev–Trinajstić information content (AvgIpc) is 2.93. The van der Waals surface area contributed by atoms with Crippen molar-refractivity contribution in [2.75, 3.05) is 13.6 Å². The predicted octanol–water partition coefficient (Wildman–Crippen LogP) is 1.90. The average molecular weight is 371 g/mol. The van der Waals surface area contributed by atoms with Gasteiger partial charge in [0.2, 0.25) is 5.91 Å². The van der Waals surface area contributed by atoms with E-state index in [0.29, 0.717) is 18.5 Å².